The number of likely N-dealkylation sites (tertiary alicyclic amines) is 1. The molecule has 5 rings (SSSR count). The van der Waals surface area contributed by atoms with Gasteiger partial charge < -0.3 is 15.8 Å². The van der Waals surface area contributed by atoms with Gasteiger partial charge in [0, 0.05) is 29.3 Å². The van der Waals surface area contributed by atoms with Crippen molar-refractivity contribution in [3.8, 4) is 5.75 Å². The van der Waals surface area contributed by atoms with Gasteiger partial charge in [-0.1, -0.05) is 43.3 Å². The van der Waals surface area contributed by atoms with Crippen LogP contribution in [0.1, 0.15) is 36.5 Å². The molecule has 9 heteroatoms. The van der Waals surface area contributed by atoms with Crippen molar-refractivity contribution in [1.29, 1.82) is 0 Å². The maximum atomic E-state index is 13.9. The number of rotatable bonds is 7. The van der Waals surface area contributed by atoms with Crippen molar-refractivity contribution in [2.45, 2.75) is 44.3 Å². The van der Waals surface area contributed by atoms with Gasteiger partial charge in [0.1, 0.15) is 11.3 Å². The van der Waals surface area contributed by atoms with Crippen molar-refractivity contribution in [3.05, 3.63) is 59.2 Å². The third-order valence-electron chi connectivity index (χ3n) is 7.53. The summed E-state index contributed by atoms with van der Waals surface area (Å²) in [4.78, 5) is 54.0. The van der Waals surface area contributed by atoms with Crippen LogP contribution in [0.3, 0.4) is 0 Å². The molecule has 2 saturated heterocycles. The topological polar surface area (TPSA) is 131 Å². The minimum Gasteiger partial charge on any atom is -0.496 e. The van der Waals surface area contributed by atoms with Crippen LogP contribution in [-0.2, 0) is 37.7 Å². The first-order valence-corrected chi connectivity index (χ1v) is 11.8. The number of nitrogens with one attached hydrogen (secondary N) is 2. The van der Waals surface area contributed by atoms with E-state index in [2.05, 4.69) is 10.6 Å². The van der Waals surface area contributed by atoms with Gasteiger partial charge in [-0.15, -0.1) is 0 Å². The Morgan fingerprint density at radius 3 is 2.54 bits per heavy atom. The van der Waals surface area contributed by atoms with E-state index in [9.17, 15) is 19.2 Å². The number of primary amides is 1. The number of methoxy groups -OCH3 is 1. The van der Waals surface area contributed by atoms with E-state index in [0.29, 0.717) is 29.0 Å². The van der Waals surface area contributed by atoms with Crippen LogP contribution in [0, 0.1) is 11.8 Å². The van der Waals surface area contributed by atoms with Gasteiger partial charge in [0.25, 0.3) is 0 Å². The lowest BCUT2D eigenvalue weighted by atomic mass is 9.76. The molecule has 4 amide bonds. The quantitative estimate of drug-likeness (QED) is 0.519. The van der Waals surface area contributed by atoms with E-state index in [-0.39, 0.29) is 31.2 Å². The molecule has 9 nitrogen and oxygen atoms in total. The molecule has 2 fully saturated rings. The number of carbonyl (C=O) groups is 4. The number of anilines is 1. The Balaban J connectivity index is 1.60. The first kappa shape index (κ1) is 23.0. The normalized spacial score (nSPS) is 26.7. The Bertz CT molecular complexity index is 1240. The van der Waals surface area contributed by atoms with Crippen molar-refractivity contribution in [2.75, 3.05) is 12.4 Å². The Hall–Kier alpha value is -3.72. The number of aryl methyl sites for hydroxylation is 1. The zero-order valence-electron chi connectivity index (χ0n) is 19.7. The lowest BCUT2D eigenvalue weighted by Crippen LogP contribution is -2.53. The number of hydrogen-bond acceptors (Lipinski definition) is 6. The molecule has 4 N–H and O–H groups in total. The van der Waals surface area contributed by atoms with Gasteiger partial charge in [-0.05, 0) is 24.5 Å². The average Bonchev–Trinajstić information content (AvgIpc) is 3.43. The summed E-state index contributed by atoms with van der Waals surface area (Å²) >= 11 is 0. The number of hydrogen-bond donors (Lipinski definition) is 3. The van der Waals surface area contributed by atoms with Crippen LogP contribution in [0.2, 0.25) is 0 Å². The molecule has 3 aliphatic rings. The van der Waals surface area contributed by atoms with Crippen LogP contribution in [0.15, 0.2) is 42.5 Å². The monoisotopic (exact) mass is 476 g/mol. The number of benzene rings is 2. The summed E-state index contributed by atoms with van der Waals surface area (Å²) in [5.74, 6) is -2.79. The zero-order chi connectivity index (χ0) is 24.9. The SMILES string of the molecule is CCc1cccc2c1NC(=O)[C@]21N[C@@H](CCC(N)=O)[C@H]2C(=O)N(Cc3ccccc3OC)C(=O)[C@@H]21. The van der Waals surface area contributed by atoms with E-state index in [1.165, 1.54) is 12.0 Å². The largest absolute Gasteiger partial charge is 0.496 e. The molecule has 3 heterocycles. The van der Waals surface area contributed by atoms with Crippen molar-refractivity contribution in [3.63, 3.8) is 0 Å². The Kier molecular flexibility index (Phi) is 5.59. The molecule has 0 bridgehead atoms. The first-order chi connectivity index (χ1) is 16.8. The number of imide groups is 1. The van der Waals surface area contributed by atoms with Crippen molar-refractivity contribution in [2.24, 2.45) is 17.6 Å². The van der Waals surface area contributed by atoms with Crippen LogP contribution in [-0.4, -0.2) is 41.7 Å². The van der Waals surface area contributed by atoms with E-state index in [1.807, 2.05) is 37.3 Å². The number of carbonyl (C=O) groups excluding carboxylic acids is 4. The molecular formula is C26H28N4O5. The molecule has 1 spiro atoms. The van der Waals surface area contributed by atoms with Crippen LogP contribution in [0.5, 0.6) is 5.75 Å². The molecule has 2 aromatic carbocycles. The Labute approximate surface area is 203 Å². The summed E-state index contributed by atoms with van der Waals surface area (Å²) in [6, 6.07) is 12.3. The van der Waals surface area contributed by atoms with E-state index in [1.54, 1.807) is 12.1 Å². The second kappa shape index (κ2) is 8.49. The lowest BCUT2D eigenvalue weighted by molar-refractivity contribution is -0.143. The number of fused-ring (bicyclic) bond motifs is 4. The van der Waals surface area contributed by atoms with Gasteiger partial charge in [0.05, 0.1) is 25.5 Å². The number of nitrogens with zero attached hydrogens (tertiary/aromatic N) is 1. The minimum atomic E-state index is -1.39. The fourth-order valence-corrected chi connectivity index (χ4v) is 5.95. The molecule has 0 saturated carbocycles. The molecular weight excluding hydrogens is 448 g/mol. The van der Waals surface area contributed by atoms with Crippen LogP contribution < -0.4 is 21.1 Å². The maximum Gasteiger partial charge on any atom is 0.250 e. The molecule has 35 heavy (non-hydrogen) atoms. The van der Waals surface area contributed by atoms with Crippen molar-refractivity contribution in [1.82, 2.24) is 10.2 Å². The highest BCUT2D eigenvalue weighted by atomic mass is 16.5. The second-order valence-corrected chi connectivity index (χ2v) is 9.29. The zero-order valence-corrected chi connectivity index (χ0v) is 19.7. The van der Waals surface area contributed by atoms with E-state index in [0.717, 1.165) is 5.56 Å². The van der Waals surface area contributed by atoms with Gasteiger partial charge in [-0.2, -0.15) is 0 Å². The van der Waals surface area contributed by atoms with Gasteiger partial charge >= 0.3 is 0 Å². The summed E-state index contributed by atoms with van der Waals surface area (Å²) in [5.41, 5.74) is 7.00. The highest BCUT2D eigenvalue weighted by Crippen LogP contribution is 2.54. The summed E-state index contributed by atoms with van der Waals surface area (Å²) in [5, 5.41) is 6.31. The molecule has 4 atom stereocenters. The third kappa shape index (κ3) is 3.33. The second-order valence-electron chi connectivity index (χ2n) is 9.29. The first-order valence-electron chi connectivity index (χ1n) is 11.8. The Morgan fingerprint density at radius 1 is 1.09 bits per heavy atom. The fraction of sp³-hybridized carbons (Fsp3) is 0.385. The molecule has 0 radical (unpaired) electrons. The third-order valence-corrected chi connectivity index (χ3v) is 7.53. The summed E-state index contributed by atoms with van der Waals surface area (Å²) in [7, 11) is 1.53. The minimum absolute atomic E-state index is 0.0361. The van der Waals surface area contributed by atoms with Crippen LogP contribution >= 0.6 is 0 Å². The number of nitrogens with two attached hydrogens (primary N) is 1. The Morgan fingerprint density at radius 2 is 1.83 bits per heavy atom. The molecule has 3 aliphatic heterocycles. The summed E-state index contributed by atoms with van der Waals surface area (Å²) < 4.78 is 5.41. The van der Waals surface area contributed by atoms with E-state index >= 15 is 0 Å². The predicted molar refractivity (Wildman–Crippen MR) is 127 cm³/mol. The average molecular weight is 477 g/mol. The van der Waals surface area contributed by atoms with Crippen LogP contribution in [0.25, 0.3) is 0 Å². The van der Waals surface area contributed by atoms with E-state index < -0.39 is 35.2 Å². The molecule has 182 valence electrons. The lowest BCUT2D eigenvalue weighted by Gasteiger charge is -2.29. The smallest absolute Gasteiger partial charge is 0.250 e. The number of amides is 4. The molecule has 0 aromatic heterocycles. The van der Waals surface area contributed by atoms with Crippen LogP contribution in [0.4, 0.5) is 5.69 Å². The van der Waals surface area contributed by atoms with E-state index in [4.69, 9.17) is 10.5 Å². The molecule has 0 unspecified atom stereocenters. The summed E-state index contributed by atoms with van der Waals surface area (Å²) in [6.07, 6.45) is 0.982. The van der Waals surface area contributed by atoms with Gasteiger partial charge in [0.15, 0.2) is 0 Å². The molecule has 0 aliphatic carbocycles. The molecule has 2 aromatic rings. The highest BCUT2D eigenvalue weighted by Gasteiger charge is 2.70. The fourth-order valence-electron chi connectivity index (χ4n) is 5.95. The van der Waals surface area contributed by atoms with Gasteiger partial charge in [-0.25, -0.2) is 0 Å². The highest BCUT2D eigenvalue weighted by molar-refractivity contribution is 6.15. The standard InChI is InChI=1S/C26H28N4O5/c1-3-14-8-6-9-16-22(14)28-25(34)26(16)21-20(17(29-26)11-12-19(27)31)23(32)30(24(21)33)13-15-7-4-5-10-18(15)35-2/h4-10,17,20-21,29H,3,11-13H2,1-2H3,(H2,27,31)(H,28,34)/t17-,20+,21+,26-/m0/s1. The van der Waals surface area contributed by atoms with Gasteiger partial charge in [-0.3, -0.25) is 29.4 Å². The maximum absolute atomic E-state index is 13.9. The van der Waals surface area contributed by atoms with Crippen molar-refractivity contribution >= 4 is 29.3 Å². The summed E-state index contributed by atoms with van der Waals surface area (Å²) in [6.45, 7) is 2.03. The number of para-hydroxylation sites is 2. The predicted octanol–water partition coefficient (Wildman–Crippen LogP) is 1.44. The van der Waals surface area contributed by atoms with Gasteiger partial charge in [0.2, 0.25) is 23.6 Å². The van der Waals surface area contributed by atoms with Crippen molar-refractivity contribution < 1.29 is 23.9 Å². The number of ether oxygens (including phenoxy) is 1.